The van der Waals surface area contributed by atoms with Gasteiger partial charge in [-0.2, -0.15) is 10.5 Å². The highest BCUT2D eigenvalue weighted by Gasteiger charge is 2.14. The number of nitriles is 2. The fourth-order valence-electron chi connectivity index (χ4n) is 2.08. The van der Waals surface area contributed by atoms with Gasteiger partial charge in [0.25, 0.3) is 0 Å². The molecule has 0 bridgehead atoms. The minimum atomic E-state index is -0.504. The third-order valence-electron chi connectivity index (χ3n) is 3.38. The highest BCUT2D eigenvalue weighted by molar-refractivity contribution is 7.80. The Morgan fingerprint density at radius 3 is 2.24 bits per heavy atom. The van der Waals surface area contributed by atoms with Gasteiger partial charge in [0, 0.05) is 10.5 Å². The maximum atomic E-state index is 12.4. The van der Waals surface area contributed by atoms with Crippen LogP contribution in [0, 0.1) is 22.7 Å². The van der Waals surface area contributed by atoms with E-state index in [0.717, 1.165) is 5.57 Å². The molecule has 2 aromatic rings. The highest BCUT2D eigenvalue weighted by atomic mass is 32.1. The van der Waals surface area contributed by atoms with Crippen LogP contribution in [0.5, 0.6) is 5.75 Å². The number of carbonyl (C=O) groups excluding carboxylic acids is 1. The normalized spacial score (nSPS) is 10.3. The molecule has 0 N–H and O–H groups in total. The number of ether oxygens (including phenoxy) is 1. The van der Waals surface area contributed by atoms with Crippen LogP contribution in [-0.2, 0) is 0 Å². The summed E-state index contributed by atoms with van der Waals surface area (Å²) < 4.78 is 5.51. The summed E-state index contributed by atoms with van der Waals surface area (Å²) in [5.74, 6) is -0.113. The van der Waals surface area contributed by atoms with Crippen LogP contribution in [0.3, 0.4) is 0 Å². The van der Waals surface area contributed by atoms with E-state index in [1.165, 1.54) is 6.08 Å². The van der Waals surface area contributed by atoms with Gasteiger partial charge in [0.1, 0.15) is 23.5 Å². The molecule has 0 unspecified atom stereocenters. The molecule has 0 atom stereocenters. The Labute approximate surface area is 151 Å². The predicted octanol–water partition coefficient (Wildman–Crippen LogP) is 4.57. The quantitative estimate of drug-likeness (QED) is 0.289. The molecule has 0 aliphatic heterocycles. The molecular formula is C20H14N2O2S. The Kier molecular flexibility index (Phi) is 6.17. The number of nitrogens with zero attached hydrogens (tertiary/aromatic N) is 2. The second kappa shape index (κ2) is 8.54. The molecule has 5 heteroatoms. The molecule has 4 nitrogen and oxygen atoms in total. The summed E-state index contributed by atoms with van der Waals surface area (Å²) in [7, 11) is 0. The number of thiol groups is 1. The predicted molar refractivity (Wildman–Crippen MR) is 98.1 cm³/mol. The number of esters is 1. The summed E-state index contributed by atoms with van der Waals surface area (Å²) >= 11 is 4.27. The molecule has 0 spiro atoms. The highest BCUT2D eigenvalue weighted by Crippen LogP contribution is 2.27. The maximum absolute atomic E-state index is 12.4. The zero-order valence-corrected chi connectivity index (χ0v) is 14.3. The lowest BCUT2D eigenvalue weighted by Gasteiger charge is -2.11. The Balaban J connectivity index is 2.33. The average molecular weight is 346 g/mol. The van der Waals surface area contributed by atoms with Crippen LogP contribution in [0.2, 0.25) is 0 Å². The molecule has 0 aliphatic carbocycles. The first-order valence-corrected chi connectivity index (χ1v) is 7.80. The van der Waals surface area contributed by atoms with Crippen molar-refractivity contribution in [2.45, 2.75) is 11.8 Å². The molecule has 122 valence electrons. The van der Waals surface area contributed by atoms with E-state index in [-0.39, 0.29) is 5.57 Å². The molecule has 0 fully saturated rings. The summed E-state index contributed by atoms with van der Waals surface area (Å²) in [6.07, 6.45) is 3.07. The van der Waals surface area contributed by atoms with Crippen molar-refractivity contribution in [2.24, 2.45) is 0 Å². The summed E-state index contributed by atoms with van der Waals surface area (Å²) in [5.41, 5.74) is 1.82. The fourth-order valence-corrected chi connectivity index (χ4v) is 2.33. The number of carbonyl (C=O) groups is 1. The van der Waals surface area contributed by atoms with Gasteiger partial charge >= 0.3 is 5.97 Å². The van der Waals surface area contributed by atoms with Gasteiger partial charge in [0.15, 0.2) is 0 Å². The van der Waals surface area contributed by atoms with E-state index in [2.05, 4.69) is 12.6 Å². The van der Waals surface area contributed by atoms with Crippen molar-refractivity contribution in [3.05, 3.63) is 77.4 Å². The lowest BCUT2D eigenvalue weighted by Crippen LogP contribution is -2.10. The first-order chi connectivity index (χ1) is 12.1. The van der Waals surface area contributed by atoms with Gasteiger partial charge in [0.2, 0.25) is 0 Å². The van der Waals surface area contributed by atoms with Crippen molar-refractivity contribution >= 4 is 24.2 Å². The summed E-state index contributed by atoms with van der Waals surface area (Å²) in [5, 5.41) is 17.6. The molecule has 2 rings (SSSR count). The Hall–Kier alpha value is -3.28. The molecule has 0 saturated heterocycles. The lowest BCUT2D eigenvalue weighted by atomic mass is 10.1. The van der Waals surface area contributed by atoms with Gasteiger partial charge in [-0.3, -0.25) is 0 Å². The number of para-hydroxylation sites is 1. The van der Waals surface area contributed by atoms with Crippen molar-refractivity contribution in [1.82, 2.24) is 0 Å². The topological polar surface area (TPSA) is 73.9 Å². The average Bonchev–Trinajstić information content (AvgIpc) is 2.63. The van der Waals surface area contributed by atoms with Crippen LogP contribution >= 0.6 is 12.6 Å². The molecular weight excluding hydrogens is 332 g/mol. The number of benzene rings is 2. The Morgan fingerprint density at radius 1 is 1.00 bits per heavy atom. The van der Waals surface area contributed by atoms with Crippen LogP contribution in [0.4, 0.5) is 0 Å². The SMILES string of the molecule is C/C(=C\C=C(C#N)C#N)c1ccccc1OC(=O)c1ccccc1S. The number of rotatable bonds is 4. The van der Waals surface area contributed by atoms with Gasteiger partial charge in [0.05, 0.1) is 5.56 Å². The van der Waals surface area contributed by atoms with Gasteiger partial charge in [-0.25, -0.2) is 4.79 Å². The second-order valence-corrected chi connectivity index (χ2v) is 5.54. The van der Waals surface area contributed by atoms with E-state index >= 15 is 0 Å². The smallest absolute Gasteiger partial charge is 0.344 e. The van der Waals surface area contributed by atoms with E-state index in [0.29, 0.717) is 21.8 Å². The molecule has 0 radical (unpaired) electrons. The third-order valence-corrected chi connectivity index (χ3v) is 3.77. The first kappa shape index (κ1) is 18.1. The summed E-state index contributed by atoms with van der Waals surface area (Å²) in [6, 6.07) is 17.5. The monoisotopic (exact) mass is 346 g/mol. The van der Waals surface area contributed by atoms with Gasteiger partial charge in [-0.15, -0.1) is 12.6 Å². The van der Waals surface area contributed by atoms with Crippen LogP contribution in [0.1, 0.15) is 22.8 Å². The molecule has 0 saturated carbocycles. The zero-order chi connectivity index (χ0) is 18.2. The van der Waals surface area contributed by atoms with E-state index in [1.54, 1.807) is 60.7 Å². The second-order valence-electron chi connectivity index (χ2n) is 5.06. The van der Waals surface area contributed by atoms with Crippen molar-refractivity contribution in [3.8, 4) is 17.9 Å². The fraction of sp³-hybridized carbons (Fsp3) is 0.0500. The van der Waals surface area contributed by atoms with Crippen molar-refractivity contribution in [2.75, 3.05) is 0 Å². The summed E-state index contributed by atoms with van der Waals surface area (Å²) in [4.78, 5) is 12.9. The molecule has 0 heterocycles. The molecule has 25 heavy (non-hydrogen) atoms. The Bertz CT molecular complexity index is 931. The minimum absolute atomic E-state index is 0.00201. The summed E-state index contributed by atoms with van der Waals surface area (Å²) in [6.45, 7) is 1.81. The molecule has 0 amide bonds. The lowest BCUT2D eigenvalue weighted by molar-refractivity contribution is 0.0730. The first-order valence-electron chi connectivity index (χ1n) is 7.35. The van der Waals surface area contributed by atoms with Gasteiger partial charge < -0.3 is 4.74 Å². The third kappa shape index (κ3) is 4.60. The number of allylic oxidation sites excluding steroid dienone is 4. The minimum Gasteiger partial charge on any atom is -0.422 e. The van der Waals surface area contributed by atoms with Crippen LogP contribution < -0.4 is 4.74 Å². The van der Waals surface area contributed by atoms with E-state index in [9.17, 15) is 4.79 Å². The maximum Gasteiger partial charge on any atom is 0.344 e. The standard InChI is InChI=1S/C20H14N2O2S/c1-14(10-11-15(12-21)13-22)16-6-2-4-8-18(16)24-20(23)17-7-3-5-9-19(17)25/h2-11,25H,1H3/b14-10+. The number of hydrogen-bond acceptors (Lipinski definition) is 5. The van der Waals surface area contributed by atoms with Crippen LogP contribution in [-0.4, -0.2) is 5.97 Å². The molecule has 2 aromatic carbocycles. The van der Waals surface area contributed by atoms with Crippen LogP contribution in [0.15, 0.2) is 71.2 Å². The molecule has 0 aromatic heterocycles. The van der Waals surface area contributed by atoms with Crippen molar-refractivity contribution in [1.29, 1.82) is 10.5 Å². The number of hydrogen-bond donors (Lipinski definition) is 1. The largest absolute Gasteiger partial charge is 0.422 e. The van der Waals surface area contributed by atoms with E-state index in [4.69, 9.17) is 15.3 Å². The van der Waals surface area contributed by atoms with Crippen LogP contribution in [0.25, 0.3) is 5.57 Å². The zero-order valence-electron chi connectivity index (χ0n) is 13.4. The van der Waals surface area contributed by atoms with Gasteiger partial charge in [-0.05, 0) is 36.8 Å². The van der Waals surface area contributed by atoms with E-state index in [1.807, 2.05) is 13.0 Å². The Morgan fingerprint density at radius 2 is 1.60 bits per heavy atom. The molecule has 0 aliphatic rings. The van der Waals surface area contributed by atoms with Crippen molar-refractivity contribution in [3.63, 3.8) is 0 Å². The van der Waals surface area contributed by atoms with Gasteiger partial charge in [-0.1, -0.05) is 36.4 Å². The van der Waals surface area contributed by atoms with E-state index < -0.39 is 5.97 Å². The van der Waals surface area contributed by atoms with Crippen molar-refractivity contribution < 1.29 is 9.53 Å².